The third-order valence-corrected chi connectivity index (χ3v) is 4.02. The molecule has 1 aliphatic heterocycles. The number of hydrogen-bond donors (Lipinski definition) is 0. The number of rotatable bonds is 3. The molecular weight excluding hydrogens is 274 g/mol. The lowest BCUT2D eigenvalue weighted by Gasteiger charge is -2.34. The molecule has 0 saturated carbocycles. The Balaban J connectivity index is 1.88. The van der Waals surface area contributed by atoms with E-state index in [1.807, 2.05) is 0 Å². The molecule has 3 nitrogen and oxygen atoms in total. The summed E-state index contributed by atoms with van der Waals surface area (Å²) in [7, 11) is 0. The predicted octanol–water partition coefficient (Wildman–Crippen LogP) is 1.97. The number of hydrogen-bond acceptors (Lipinski definition) is 4. The average molecular weight is 290 g/mol. The van der Waals surface area contributed by atoms with E-state index in [1.54, 1.807) is 11.3 Å². The summed E-state index contributed by atoms with van der Waals surface area (Å²) in [5.41, 5.74) is 1.14. The fourth-order valence-corrected chi connectivity index (χ4v) is 3.13. The maximum absolute atomic E-state index is 4.52. The van der Waals surface area contributed by atoms with Crippen LogP contribution >= 0.6 is 27.3 Å². The van der Waals surface area contributed by atoms with Crippen molar-refractivity contribution in [3.63, 3.8) is 0 Å². The summed E-state index contributed by atoms with van der Waals surface area (Å²) in [5, 5.41) is 4.38. The van der Waals surface area contributed by atoms with Gasteiger partial charge in [-0.3, -0.25) is 4.90 Å². The smallest absolute Gasteiger partial charge is 0.185 e. The Morgan fingerprint density at radius 2 is 2.13 bits per heavy atom. The van der Waals surface area contributed by atoms with Gasteiger partial charge in [-0.15, -0.1) is 11.3 Å². The van der Waals surface area contributed by atoms with Gasteiger partial charge in [0, 0.05) is 43.4 Å². The molecular formula is C10H16BrN3S. The molecule has 0 radical (unpaired) electrons. The van der Waals surface area contributed by atoms with Crippen LogP contribution in [0, 0.1) is 6.92 Å². The molecule has 2 heterocycles. The van der Waals surface area contributed by atoms with Crippen molar-refractivity contribution in [2.75, 3.05) is 43.0 Å². The highest BCUT2D eigenvalue weighted by Crippen LogP contribution is 2.21. The van der Waals surface area contributed by atoms with Crippen molar-refractivity contribution in [1.82, 2.24) is 9.88 Å². The van der Waals surface area contributed by atoms with Crippen molar-refractivity contribution in [3.8, 4) is 0 Å². The Morgan fingerprint density at radius 1 is 1.40 bits per heavy atom. The van der Waals surface area contributed by atoms with Crippen LogP contribution in [-0.2, 0) is 0 Å². The van der Waals surface area contributed by atoms with Crippen LogP contribution in [0.2, 0.25) is 0 Å². The zero-order valence-electron chi connectivity index (χ0n) is 8.95. The standard InChI is InChI=1S/C10H16BrN3S/c1-9-8-15-10(12-9)14-6-4-13(3-2-11)5-7-14/h8H,2-7H2,1H3. The highest BCUT2D eigenvalue weighted by molar-refractivity contribution is 9.09. The molecule has 1 aliphatic rings. The second-order valence-electron chi connectivity index (χ2n) is 3.79. The normalized spacial score (nSPS) is 18.4. The molecule has 0 aromatic carbocycles. The van der Waals surface area contributed by atoms with Gasteiger partial charge in [-0.25, -0.2) is 4.98 Å². The number of nitrogens with zero attached hydrogens (tertiary/aromatic N) is 3. The van der Waals surface area contributed by atoms with E-state index in [1.165, 1.54) is 5.13 Å². The molecule has 84 valence electrons. The van der Waals surface area contributed by atoms with Crippen LogP contribution < -0.4 is 4.90 Å². The summed E-state index contributed by atoms with van der Waals surface area (Å²) in [6.45, 7) is 7.75. The summed E-state index contributed by atoms with van der Waals surface area (Å²) in [6.07, 6.45) is 0. The first kappa shape index (κ1) is 11.4. The van der Waals surface area contributed by atoms with E-state index in [4.69, 9.17) is 0 Å². The largest absolute Gasteiger partial charge is 0.346 e. The molecule has 0 N–H and O–H groups in total. The van der Waals surface area contributed by atoms with E-state index in [0.717, 1.165) is 43.7 Å². The molecule has 1 aromatic heterocycles. The van der Waals surface area contributed by atoms with Crippen LogP contribution in [-0.4, -0.2) is 47.9 Å². The van der Waals surface area contributed by atoms with Crippen LogP contribution in [0.15, 0.2) is 5.38 Å². The SMILES string of the molecule is Cc1csc(N2CCN(CCBr)CC2)n1. The highest BCUT2D eigenvalue weighted by atomic mass is 79.9. The third kappa shape index (κ3) is 2.92. The second-order valence-corrected chi connectivity index (χ2v) is 5.42. The van der Waals surface area contributed by atoms with Crippen LogP contribution in [0.4, 0.5) is 5.13 Å². The van der Waals surface area contributed by atoms with E-state index in [-0.39, 0.29) is 0 Å². The third-order valence-electron chi connectivity index (χ3n) is 2.65. The molecule has 1 aromatic rings. The molecule has 15 heavy (non-hydrogen) atoms. The zero-order chi connectivity index (χ0) is 10.7. The molecule has 0 atom stereocenters. The van der Waals surface area contributed by atoms with Crippen molar-refractivity contribution in [1.29, 1.82) is 0 Å². The summed E-state index contributed by atoms with van der Waals surface area (Å²) in [5.74, 6) is 0. The highest BCUT2D eigenvalue weighted by Gasteiger charge is 2.18. The Kier molecular flexibility index (Phi) is 3.99. The topological polar surface area (TPSA) is 19.4 Å². The van der Waals surface area contributed by atoms with Gasteiger partial charge in [0.1, 0.15) is 0 Å². The summed E-state index contributed by atoms with van der Waals surface area (Å²) in [4.78, 5) is 9.41. The summed E-state index contributed by atoms with van der Waals surface area (Å²) < 4.78 is 0. The Morgan fingerprint density at radius 3 is 2.67 bits per heavy atom. The zero-order valence-corrected chi connectivity index (χ0v) is 11.4. The van der Waals surface area contributed by atoms with Gasteiger partial charge in [0.05, 0.1) is 5.69 Å². The van der Waals surface area contributed by atoms with Gasteiger partial charge in [0.25, 0.3) is 0 Å². The number of anilines is 1. The Bertz CT molecular complexity index is 307. The van der Waals surface area contributed by atoms with E-state index >= 15 is 0 Å². The molecule has 1 saturated heterocycles. The molecule has 2 rings (SSSR count). The molecule has 0 unspecified atom stereocenters. The minimum absolute atomic E-state index is 1.07. The number of halogens is 1. The van der Waals surface area contributed by atoms with Crippen LogP contribution in [0.1, 0.15) is 5.69 Å². The first-order valence-corrected chi connectivity index (χ1v) is 7.25. The molecule has 0 amide bonds. The molecule has 0 bridgehead atoms. The first-order valence-electron chi connectivity index (χ1n) is 5.25. The number of aromatic nitrogens is 1. The summed E-state index contributed by atoms with van der Waals surface area (Å²) >= 11 is 5.24. The average Bonchev–Trinajstić information content (AvgIpc) is 2.67. The van der Waals surface area contributed by atoms with E-state index < -0.39 is 0 Å². The van der Waals surface area contributed by atoms with Crippen LogP contribution in [0.5, 0.6) is 0 Å². The molecule has 0 aliphatic carbocycles. The van der Waals surface area contributed by atoms with Gasteiger partial charge >= 0.3 is 0 Å². The fraction of sp³-hybridized carbons (Fsp3) is 0.700. The monoisotopic (exact) mass is 289 g/mol. The van der Waals surface area contributed by atoms with Gasteiger partial charge in [-0.1, -0.05) is 15.9 Å². The van der Waals surface area contributed by atoms with E-state index in [9.17, 15) is 0 Å². The van der Waals surface area contributed by atoms with Crippen molar-refractivity contribution >= 4 is 32.4 Å². The number of thiazole rings is 1. The van der Waals surface area contributed by atoms with E-state index in [0.29, 0.717) is 0 Å². The van der Waals surface area contributed by atoms with Gasteiger partial charge in [-0.2, -0.15) is 0 Å². The van der Waals surface area contributed by atoms with Gasteiger partial charge < -0.3 is 4.90 Å². The molecule has 0 spiro atoms. The molecule has 5 heteroatoms. The Hall–Kier alpha value is -0.130. The minimum Gasteiger partial charge on any atom is -0.346 e. The van der Waals surface area contributed by atoms with Gasteiger partial charge in [0.2, 0.25) is 0 Å². The fourth-order valence-electron chi connectivity index (χ4n) is 1.77. The lowest BCUT2D eigenvalue weighted by molar-refractivity contribution is 0.274. The lowest BCUT2D eigenvalue weighted by atomic mass is 10.3. The van der Waals surface area contributed by atoms with E-state index in [2.05, 4.69) is 43.0 Å². The maximum Gasteiger partial charge on any atom is 0.185 e. The number of piperazine rings is 1. The minimum atomic E-state index is 1.07. The van der Waals surface area contributed by atoms with Gasteiger partial charge in [-0.05, 0) is 6.92 Å². The lowest BCUT2D eigenvalue weighted by Crippen LogP contribution is -2.46. The summed E-state index contributed by atoms with van der Waals surface area (Å²) in [6, 6.07) is 0. The van der Waals surface area contributed by atoms with Crippen molar-refractivity contribution < 1.29 is 0 Å². The molecule has 1 fully saturated rings. The van der Waals surface area contributed by atoms with Crippen molar-refractivity contribution in [2.45, 2.75) is 6.92 Å². The van der Waals surface area contributed by atoms with Gasteiger partial charge in [0.15, 0.2) is 5.13 Å². The maximum atomic E-state index is 4.52. The van der Waals surface area contributed by atoms with Crippen molar-refractivity contribution in [3.05, 3.63) is 11.1 Å². The quantitative estimate of drug-likeness (QED) is 0.793. The predicted molar refractivity (Wildman–Crippen MR) is 69.3 cm³/mol. The second kappa shape index (κ2) is 5.27. The number of aryl methyl sites for hydroxylation is 1. The van der Waals surface area contributed by atoms with Crippen LogP contribution in [0.3, 0.4) is 0 Å². The Labute approximate surface area is 103 Å². The first-order chi connectivity index (χ1) is 7.29. The van der Waals surface area contributed by atoms with Crippen LogP contribution in [0.25, 0.3) is 0 Å². The van der Waals surface area contributed by atoms with Crippen molar-refractivity contribution in [2.24, 2.45) is 0 Å². The number of alkyl halides is 1.